The third-order valence-electron chi connectivity index (χ3n) is 5.87. The summed E-state index contributed by atoms with van der Waals surface area (Å²) in [6.07, 6.45) is 2.87. The molecule has 1 aromatic carbocycles. The smallest absolute Gasteiger partial charge is 0.244 e. The normalized spacial score (nSPS) is 13.8. The molecule has 10 heteroatoms. The van der Waals surface area contributed by atoms with Gasteiger partial charge in [-0.2, -0.15) is 0 Å². The molecule has 35 heavy (non-hydrogen) atoms. The Balaban J connectivity index is 1.35. The van der Waals surface area contributed by atoms with Crippen LogP contribution in [0.5, 0.6) is 0 Å². The molecule has 0 aliphatic carbocycles. The Morgan fingerprint density at radius 1 is 0.943 bits per heavy atom. The maximum absolute atomic E-state index is 13.5. The van der Waals surface area contributed by atoms with Crippen molar-refractivity contribution >= 4 is 11.7 Å². The predicted molar refractivity (Wildman–Crippen MR) is 126 cm³/mol. The fourth-order valence-corrected chi connectivity index (χ4v) is 3.99. The number of rotatable bonds is 5. The predicted octanol–water partition coefficient (Wildman–Crippen LogP) is 3.34. The van der Waals surface area contributed by atoms with Gasteiger partial charge in [0.1, 0.15) is 29.7 Å². The van der Waals surface area contributed by atoms with Crippen molar-refractivity contribution in [1.82, 2.24) is 29.6 Å². The highest BCUT2D eigenvalue weighted by Gasteiger charge is 2.24. The van der Waals surface area contributed by atoms with Crippen molar-refractivity contribution in [2.45, 2.75) is 13.5 Å². The van der Waals surface area contributed by atoms with Gasteiger partial charge in [-0.1, -0.05) is 0 Å². The summed E-state index contributed by atoms with van der Waals surface area (Å²) in [5.41, 5.74) is 2.12. The minimum atomic E-state index is -0.470. The molecule has 0 saturated carbocycles. The lowest BCUT2D eigenvalue weighted by molar-refractivity contribution is -0.132. The van der Waals surface area contributed by atoms with Crippen LogP contribution < -0.4 is 4.90 Å². The van der Waals surface area contributed by atoms with E-state index in [1.165, 1.54) is 28.9 Å². The zero-order valence-electron chi connectivity index (χ0n) is 19.1. The largest absolute Gasteiger partial charge is 0.353 e. The van der Waals surface area contributed by atoms with E-state index in [1.807, 2.05) is 19.1 Å². The Morgan fingerprint density at radius 3 is 2.37 bits per heavy atom. The third kappa shape index (κ3) is 5.01. The zero-order valence-corrected chi connectivity index (χ0v) is 19.1. The number of piperazine rings is 1. The van der Waals surface area contributed by atoms with Crippen LogP contribution in [0.15, 0.2) is 60.9 Å². The fraction of sp³-hybridized carbons (Fsp3) is 0.240. The molecule has 0 N–H and O–H groups in total. The summed E-state index contributed by atoms with van der Waals surface area (Å²) in [5, 5.41) is 4.47. The molecule has 1 aliphatic heterocycles. The molecule has 178 valence electrons. The number of carbonyl (C=O) groups excluding carboxylic acids is 1. The molecule has 0 spiro atoms. The van der Waals surface area contributed by atoms with Gasteiger partial charge in [-0.05, 0) is 61.0 Å². The van der Waals surface area contributed by atoms with Crippen molar-refractivity contribution in [3.63, 3.8) is 0 Å². The van der Waals surface area contributed by atoms with Gasteiger partial charge in [-0.3, -0.25) is 4.79 Å². The molecule has 4 aromatic rings. The van der Waals surface area contributed by atoms with Crippen LogP contribution in [0.4, 0.5) is 14.6 Å². The second-order valence-corrected chi connectivity index (χ2v) is 8.34. The lowest BCUT2D eigenvalue weighted by Crippen LogP contribution is -2.50. The van der Waals surface area contributed by atoms with Crippen molar-refractivity contribution in [1.29, 1.82) is 0 Å². The summed E-state index contributed by atoms with van der Waals surface area (Å²) >= 11 is 0. The molecule has 0 bridgehead atoms. The number of nitrogens with zero attached hydrogens (tertiary/aromatic N) is 7. The van der Waals surface area contributed by atoms with Crippen LogP contribution in [-0.2, 0) is 11.3 Å². The van der Waals surface area contributed by atoms with Gasteiger partial charge < -0.3 is 9.80 Å². The molecule has 5 rings (SSSR count). The lowest BCUT2D eigenvalue weighted by Gasteiger charge is -2.35. The molecule has 3 aromatic heterocycles. The summed E-state index contributed by atoms with van der Waals surface area (Å²) in [4.78, 5) is 30.1. The average molecular weight is 476 g/mol. The second-order valence-electron chi connectivity index (χ2n) is 8.34. The lowest BCUT2D eigenvalue weighted by atomic mass is 10.2. The highest BCUT2D eigenvalue weighted by Crippen LogP contribution is 2.23. The van der Waals surface area contributed by atoms with E-state index in [1.54, 1.807) is 23.2 Å². The van der Waals surface area contributed by atoms with E-state index in [-0.39, 0.29) is 24.1 Å². The van der Waals surface area contributed by atoms with E-state index in [0.29, 0.717) is 43.3 Å². The number of aromatic nitrogens is 5. The van der Waals surface area contributed by atoms with Crippen molar-refractivity contribution in [2.75, 3.05) is 31.1 Å². The number of hydrogen-bond donors (Lipinski definition) is 0. The Bertz CT molecular complexity index is 1330. The molecular formula is C25H23F2N7O. The van der Waals surface area contributed by atoms with Crippen molar-refractivity contribution < 1.29 is 13.6 Å². The molecule has 0 atom stereocenters. The minimum absolute atomic E-state index is 0.0381. The first kappa shape index (κ1) is 22.6. The average Bonchev–Trinajstić information content (AvgIpc) is 3.28. The number of hydrogen-bond acceptors (Lipinski definition) is 6. The number of benzene rings is 1. The van der Waals surface area contributed by atoms with Gasteiger partial charge in [0.2, 0.25) is 5.91 Å². The first-order valence-electron chi connectivity index (χ1n) is 11.2. The van der Waals surface area contributed by atoms with Gasteiger partial charge in [0, 0.05) is 37.9 Å². The summed E-state index contributed by atoms with van der Waals surface area (Å²) in [6.45, 7) is 4.45. The number of amides is 1. The summed E-state index contributed by atoms with van der Waals surface area (Å²) in [5.74, 6) is 0.617. The van der Waals surface area contributed by atoms with Gasteiger partial charge in [0.25, 0.3) is 0 Å². The molecule has 0 radical (unpaired) electrons. The fourth-order valence-electron chi connectivity index (χ4n) is 3.99. The van der Waals surface area contributed by atoms with Gasteiger partial charge in [-0.15, -0.1) is 5.10 Å². The molecule has 1 saturated heterocycles. The highest BCUT2D eigenvalue weighted by molar-refractivity contribution is 5.77. The minimum Gasteiger partial charge on any atom is -0.353 e. The highest BCUT2D eigenvalue weighted by atomic mass is 19.1. The molecule has 8 nitrogen and oxygen atoms in total. The Morgan fingerprint density at radius 2 is 1.69 bits per heavy atom. The summed E-state index contributed by atoms with van der Waals surface area (Å²) < 4.78 is 28.3. The van der Waals surface area contributed by atoms with Crippen molar-refractivity contribution in [2.24, 2.45) is 0 Å². The topological polar surface area (TPSA) is 80.0 Å². The molecule has 1 aliphatic rings. The third-order valence-corrected chi connectivity index (χ3v) is 5.87. The maximum atomic E-state index is 13.5. The standard InChI is InChI=1S/C25H23F2N7O/c1-17-8-9-28-22(14-17)32-10-12-33(13-11-32)23(35)16-34-25(18-2-4-19(26)5-3-18)30-24(31-34)21-7-6-20(27)15-29-21/h2-9,14-15H,10-13,16H2,1H3. The Hall–Kier alpha value is -4.21. The number of pyridine rings is 2. The molecule has 4 heterocycles. The van der Waals surface area contributed by atoms with E-state index in [4.69, 9.17) is 0 Å². The quantitative estimate of drug-likeness (QED) is 0.441. The van der Waals surface area contributed by atoms with E-state index < -0.39 is 5.82 Å². The number of halogens is 2. The van der Waals surface area contributed by atoms with Gasteiger partial charge in [0.05, 0.1) is 6.20 Å². The molecule has 0 unspecified atom stereocenters. The molecule has 1 fully saturated rings. The van der Waals surface area contributed by atoms with E-state index >= 15 is 0 Å². The van der Waals surface area contributed by atoms with Gasteiger partial charge >= 0.3 is 0 Å². The zero-order chi connectivity index (χ0) is 24.4. The number of carbonyl (C=O) groups is 1. The maximum Gasteiger partial charge on any atom is 0.244 e. The summed E-state index contributed by atoms with van der Waals surface area (Å²) in [7, 11) is 0. The van der Waals surface area contributed by atoms with E-state index in [0.717, 1.165) is 17.6 Å². The van der Waals surface area contributed by atoms with Gasteiger partial charge in [0.15, 0.2) is 11.6 Å². The van der Waals surface area contributed by atoms with Crippen LogP contribution in [0, 0.1) is 18.6 Å². The SMILES string of the molecule is Cc1ccnc(N2CCN(C(=O)Cn3nc(-c4ccc(F)cn4)nc3-c3ccc(F)cc3)CC2)c1. The first-order chi connectivity index (χ1) is 17.0. The van der Waals surface area contributed by atoms with E-state index in [9.17, 15) is 13.6 Å². The van der Waals surface area contributed by atoms with Gasteiger partial charge in [-0.25, -0.2) is 28.4 Å². The number of anilines is 1. The monoisotopic (exact) mass is 475 g/mol. The Kier molecular flexibility index (Phi) is 6.17. The Labute approximate surface area is 200 Å². The summed E-state index contributed by atoms with van der Waals surface area (Å²) in [6, 6.07) is 12.5. The van der Waals surface area contributed by atoms with Crippen molar-refractivity contribution in [3.05, 3.63) is 78.1 Å². The van der Waals surface area contributed by atoms with Crippen LogP contribution in [-0.4, -0.2) is 61.7 Å². The van der Waals surface area contributed by atoms with Crippen LogP contribution in [0.1, 0.15) is 5.56 Å². The van der Waals surface area contributed by atoms with Crippen molar-refractivity contribution in [3.8, 4) is 22.9 Å². The molecular weight excluding hydrogens is 452 g/mol. The first-order valence-corrected chi connectivity index (χ1v) is 11.2. The molecule has 1 amide bonds. The van der Waals surface area contributed by atoms with Crippen LogP contribution in [0.2, 0.25) is 0 Å². The van der Waals surface area contributed by atoms with Crippen LogP contribution in [0.25, 0.3) is 22.9 Å². The van der Waals surface area contributed by atoms with E-state index in [2.05, 4.69) is 25.0 Å². The van der Waals surface area contributed by atoms with Crippen LogP contribution >= 0.6 is 0 Å². The number of aryl methyl sites for hydroxylation is 1. The second kappa shape index (κ2) is 9.57. The van der Waals surface area contributed by atoms with Crippen LogP contribution in [0.3, 0.4) is 0 Å².